The third kappa shape index (κ3) is 5.42. The number of carbonyl (C=O) groups is 1. The number of carbonyl (C=O) groups excluding carboxylic acids is 1. The van der Waals surface area contributed by atoms with E-state index in [9.17, 15) is 18.0 Å². The number of hydrogen-bond donors (Lipinski definition) is 2. The number of nitrogens with one attached hydrogen (secondary N) is 2. The molecule has 130 valence electrons. The molecule has 1 rings (SSSR count). The molecule has 0 aliphatic heterocycles. The van der Waals surface area contributed by atoms with E-state index in [4.69, 9.17) is 14.2 Å². The second-order valence-electron chi connectivity index (χ2n) is 4.61. The van der Waals surface area contributed by atoms with Crippen molar-refractivity contribution in [3.05, 3.63) is 12.1 Å². The van der Waals surface area contributed by atoms with Crippen molar-refractivity contribution in [1.82, 2.24) is 5.32 Å². The Balaban J connectivity index is 2.85. The van der Waals surface area contributed by atoms with Gasteiger partial charge in [0.15, 0.2) is 11.5 Å². The van der Waals surface area contributed by atoms with Crippen LogP contribution in [0.2, 0.25) is 0 Å². The molecular formula is C14H19F3N2O4. The highest BCUT2D eigenvalue weighted by atomic mass is 19.4. The molecule has 23 heavy (non-hydrogen) atoms. The second-order valence-corrected chi connectivity index (χ2v) is 4.61. The van der Waals surface area contributed by atoms with Gasteiger partial charge in [-0.05, 0) is 6.92 Å². The highest BCUT2D eigenvalue weighted by Gasteiger charge is 2.28. The van der Waals surface area contributed by atoms with Crippen LogP contribution in [0, 0.1) is 0 Å². The van der Waals surface area contributed by atoms with Gasteiger partial charge in [0.25, 0.3) is 0 Å². The maximum atomic E-state index is 12.1. The molecule has 1 amide bonds. The van der Waals surface area contributed by atoms with Crippen LogP contribution < -0.4 is 24.8 Å². The first-order valence-corrected chi connectivity index (χ1v) is 6.62. The molecule has 0 saturated heterocycles. The molecule has 0 spiro atoms. The summed E-state index contributed by atoms with van der Waals surface area (Å²) in [5.41, 5.74) is 0.439. The number of hydrogen-bond acceptors (Lipinski definition) is 5. The topological polar surface area (TPSA) is 68.8 Å². The van der Waals surface area contributed by atoms with Crippen molar-refractivity contribution in [2.45, 2.75) is 19.1 Å². The van der Waals surface area contributed by atoms with E-state index in [1.54, 1.807) is 12.1 Å². The molecule has 0 unspecified atom stereocenters. The Kier molecular flexibility index (Phi) is 6.35. The Hall–Kier alpha value is -2.32. The van der Waals surface area contributed by atoms with Crippen LogP contribution in [0.1, 0.15) is 6.92 Å². The van der Waals surface area contributed by atoms with Gasteiger partial charge in [-0.3, -0.25) is 4.79 Å². The molecule has 6 nitrogen and oxygen atoms in total. The van der Waals surface area contributed by atoms with E-state index in [0.29, 0.717) is 22.9 Å². The normalized spacial score (nSPS) is 12.3. The quantitative estimate of drug-likeness (QED) is 0.799. The van der Waals surface area contributed by atoms with Crippen molar-refractivity contribution >= 4 is 11.6 Å². The van der Waals surface area contributed by atoms with E-state index in [0.717, 1.165) is 0 Å². The lowest BCUT2D eigenvalue weighted by Crippen LogP contribution is -2.42. The minimum atomic E-state index is -4.46. The van der Waals surface area contributed by atoms with Crippen molar-refractivity contribution in [2.24, 2.45) is 0 Å². The molecule has 0 fully saturated rings. The molecule has 9 heteroatoms. The van der Waals surface area contributed by atoms with E-state index in [-0.39, 0.29) is 0 Å². The lowest BCUT2D eigenvalue weighted by Gasteiger charge is -2.18. The zero-order valence-corrected chi connectivity index (χ0v) is 13.2. The fourth-order valence-corrected chi connectivity index (χ4v) is 1.82. The number of benzene rings is 1. The molecule has 0 radical (unpaired) electrons. The van der Waals surface area contributed by atoms with Crippen LogP contribution in [0.4, 0.5) is 18.9 Å². The summed E-state index contributed by atoms with van der Waals surface area (Å²) in [5, 5.41) is 4.59. The maximum absolute atomic E-state index is 12.1. The summed E-state index contributed by atoms with van der Waals surface area (Å²) >= 11 is 0. The molecule has 0 aliphatic rings. The predicted octanol–water partition coefficient (Wildman–Crippen LogP) is 2.19. The molecule has 0 saturated carbocycles. The van der Waals surface area contributed by atoms with E-state index < -0.39 is 24.7 Å². The molecular weight excluding hydrogens is 317 g/mol. The largest absolute Gasteiger partial charge is 0.493 e. The standard InChI is InChI=1S/C14H19F3N2O4/c1-8(13(20)18-7-14(15,16)17)19-9-5-10(21-2)12(23-4)11(6-9)22-3/h5-6,8,19H,7H2,1-4H3,(H,18,20)/t8-/m0/s1. The van der Waals surface area contributed by atoms with E-state index in [2.05, 4.69) is 5.32 Å². The molecule has 2 N–H and O–H groups in total. The fourth-order valence-electron chi connectivity index (χ4n) is 1.82. The smallest absolute Gasteiger partial charge is 0.405 e. The third-order valence-electron chi connectivity index (χ3n) is 2.90. The first kappa shape index (κ1) is 18.7. The van der Waals surface area contributed by atoms with Crippen molar-refractivity contribution < 1.29 is 32.2 Å². The lowest BCUT2D eigenvalue weighted by atomic mass is 10.2. The minimum Gasteiger partial charge on any atom is -0.493 e. The number of amides is 1. The first-order chi connectivity index (χ1) is 10.7. The summed E-state index contributed by atoms with van der Waals surface area (Å²) in [6.07, 6.45) is -4.46. The first-order valence-electron chi connectivity index (χ1n) is 6.62. The van der Waals surface area contributed by atoms with E-state index in [1.165, 1.54) is 28.3 Å². The minimum absolute atomic E-state index is 0.359. The molecule has 0 aromatic heterocycles. The lowest BCUT2D eigenvalue weighted by molar-refractivity contribution is -0.138. The summed E-state index contributed by atoms with van der Waals surface area (Å²) in [6.45, 7) is 0.0575. The third-order valence-corrected chi connectivity index (χ3v) is 2.90. The van der Waals surface area contributed by atoms with Gasteiger partial charge in [-0.1, -0.05) is 0 Å². The van der Waals surface area contributed by atoms with Crippen molar-refractivity contribution in [3.8, 4) is 17.2 Å². The van der Waals surface area contributed by atoms with Crippen LogP contribution >= 0.6 is 0 Å². The molecule has 1 aromatic rings. The van der Waals surface area contributed by atoms with Crippen LogP contribution in [-0.2, 0) is 4.79 Å². The average Bonchev–Trinajstić information content (AvgIpc) is 2.50. The summed E-state index contributed by atoms with van der Waals surface area (Å²) in [4.78, 5) is 11.7. The van der Waals surface area contributed by atoms with Gasteiger partial charge in [0.05, 0.1) is 21.3 Å². The maximum Gasteiger partial charge on any atom is 0.405 e. The molecule has 1 aromatic carbocycles. The highest BCUT2D eigenvalue weighted by molar-refractivity contribution is 5.84. The zero-order valence-electron chi connectivity index (χ0n) is 13.2. The molecule has 1 atom stereocenters. The molecule has 0 aliphatic carbocycles. The fraction of sp³-hybridized carbons (Fsp3) is 0.500. The second kappa shape index (κ2) is 7.80. The van der Waals surface area contributed by atoms with Crippen molar-refractivity contribution in [3.63, 3.8) is 0 Å². The van der Waals surface area contributed by atoms with Crippen LogP contribution in [0.15, 0.2) is 12.1 Å². The SMILES string of the molecule is COc1cc(N[C@@H](C)C(=O)NCC(F)(F)F)cc(OC)c1OC. The van der Waals surface area contributed by atoms with Gasteiger partial charge in [-0.25, -0.2) is 0 Å². The Morgan fingerprint density at radius 1 is 1.13 bits per heavy atom. The van der Waals surface area contributed by atoms with Gasteiger partial charge in [0.1, 0.15) is 12.6 Å². The number of alkyl halides is 3. The molecule has 0 bridgehead atoms. The predicted molar refractivity (Wildman–Crippen MR) is 78.2 cm³/mol. The Bertz CT molecular complexity index is 524. The van der Waals surface area contributed by atoms with E-state index >= 15 is 0 Å². The number of methoxy groups -OCH3 is 3. The van der Waals surface area contributed by atoms with Gasteiger partial charge in [0.2, 0.25) is 11.7 Å². The number of rotatable bonds is 7. The highest BCUT2D eigenvalue weighted by Crippen LogP contribution is 2.40. The van der Waals surface area contributed by atoms with E-state index in [1.807, 2.05) is 5.32 Å². The monoisotopic (exact) mass is 336 g/mol. The summed E-state index contributed by atoms with van der Waals surface area (Å²) in [5.74, 6) is 0.306. The van der Waals surface area contributed by atoms with Crippen molar-refractivity contribution in [1.29, 1.82) is 0 Å². The summed E-state index contributed by atoms with van der Waals surface area (Å²) < 4.78 is 51.8. The van der Waals surface area contributed by atoms with Crippen LogP contribution in [-0.4, -0.2) is 46.0 Å². The average molecular weight is 336 g/mol. The van der Waals surface area contributed by atoms with Gasteiger partial charge >= 0.3 is 6.18 Å². The Labute approximate surface area is 131 Å². The Morgan fingerprint density at radius 3 is 2.04 bits per heavy atom. The summed E-state index contributed by atoms with van der Waals surface area (Å²) in [6, 6.07) is 2.21. The summed E-state index contributed by atoms with van der Waals surface area (Å²) in [7, 11) is 4.31. The van der Waals surface area contributed by atoms with Gasteiger partial charge in [0, 0.05) is 17.8 Å². The number of halogens is 3. The van der Waals surface area contributed by atoms with Gasteiger partial charge in [-0.15, -0.1) is 0 Å². The van der Waals surface area contributed by atoms with Crippen molar-refractivity contribution in [2.75, 3.05) is 33.2 Å². The van der Waals surface area contributed by atoms with Crippen LogP contribution in [0.3, 0.4) is 0 Å². The van der Waals surface area contributed by atoms with Crippen LogP contribution in [0.25, 0.3) is 0 Å². The Morgan fingerprint density at radius 2 is 1.65 bits per heavy atom. The van der Waals surface area contributed by atoms with Gasteiger partial charge in [-0.2, -0.15) is 13.2 Å². The number of anilines is 1. The zero-order chi connectivity index (χ0) is 17.6. The van der Waals surface area contributed by atoms with Crippen LogP contribution in [0.5, 0.6) is 17.2 Å². The number of ether oxygens (including phenoxy) is 3. The van der Waals surface area contributed by atoms with Gasteiger partial charge < -0.3 is 24.8 Å². The molecule has 0 heterocycles.